The Morgan fingerprint density at radius 3 is 3.06 bits per heavy atom. The van der Waals surface area contributed by atoms with Gasteiger partial charge in [0.25, 0.3) is 0 Å². The lowest BCUT2D eigenvalue weighted by Gasteiger charge is -2.28. The van der Waals surface area contributed by atoms with Gasteiger partial charge >= 0.3 is 0 Å². The van der Waals surface area contributed by atoms with Gasteiger partial charge in [0, 0.05) is 18.5 Å². The van der Waals surface area contributed by atoms with Gasteiger partial charge in [0.15, 0.2) is 0 Å². The zero-order valence-corrected chi connectivity index (χ0v) is 11.7. The third kappa shape index (κ3) is 4.05. The van der Waals surface area contributed by atoms with Crippen LogP contribution < -0.4 is 5.32 Å². The fourth-order valence-corrected chi connectivity index (χ4v) is 3.06. The van der Waals surface area contributed by atoms with E-state index in [1.165, 1.54) is 43.2 Å². The highest BCUT2D eigenvalue weighted by molar-refractivity contribution is 7.09. The number of aromatic nitrogens is 1. The van der Waals surface area contributed by atoms with Crippen LogP contribution in [0.1, 0.15) is 30.5 Å². The molecule has 0 saturated carbocycles. The number of aryl methyl sites for hydroxylation is 1. The van der Waals surface area contributed by atoms with Crippen molar-refractivity contribution in [3.8, 4) is 0 Å². The third-order valence-corrected chi connectivity index (χ3v) is 4.24. The number of rotatable bonds is 5. The zero-order chi connectivity index (χ0) is 12.1. The molecule has 1 N–H and O–H groups in total. The SMILES string of the molecule is CCN(Cc1csc(C)n1)CC1CCCNC1. The van der Waals surface area contributed by atoms with Gasteiger partial charge in [-0.3, -0.25) is 4.90 Å². The van der Waals surface area contributed by atoms with Crippen LogP contribution >= 0.6 is 11.3 Å². The molecular formula is C13H23N3S. The molecule has 0 aliphatic carbocycles. The Morgan fingerprint density at radius 1 is 1.59 bits per heavy atom. The van der Waals surface area contributed by atoms with Crippen molar-refractivity contribution in [1.29, 1.82) is 0 Å². The van der Waals surface area contributed by atoms with Gasteiger partial charge < -0.3 is 5.32 Å². The Hall–Kier alpha value is -0.450. The molecular weight excluding hydrogens is 230 g/mol. The summed E-state index contributed by atoms with van der Waals surface area (Å²) in [6.07, 6.45) is 2.71. The normalized spacial score (nSPS) is 21.0. The minimum Gasteiger partial charge on any atom is -0.316 e. The molecule has 1 atom stereocenters. The van der Waals surface area contributed by atoms with Gasteiger partial charge in [0.1, 0.15) is 0 Å². The third-order valence-electron chi connectivity index (χ3n) is 3.41. The first-order valence-electron chi connectivity index (χ1n) is 6.62. The lowest BCUT2D eigenvalue weighted by molar-refractivity contribution is 0.208. The van der Waals surface area contributed by atoms with Gasteiger partial charge in [-0.2, -0.15) is 0 Å². The monoisotopic (exact) mass is 253 g/mol. The summed E-state index contributed by atoms with van der Waals surface area (Å²) in [6, 6.07) is 0. The van der Waals surface area contributed by atoms with E-state index in [9.17, 15) is 0 Å². The van der Waals surface area contributed by atoms with Crippen molar-refractivity contribution in [2.75, 3.05) is 26.2 Å². The van der Waals surface area contributed by atoms with E-state index >= 15 is 0 Å². The number of hydrogen-bond donors (Lipinski definition) is 1. The van der Waals surface area contributed by atoms with Crippen LogP contribution in [0.4, 0.5) is 0 Å². The van der Waals surface area contributed by atoms with E-state index in [0.717, 1.165) is 19.0 Å². The first-order valence-corrected chi connectivity index (χ1v) is 7.50. The number of piperidine rings is 1. The van der Waals surface area contributed by atoms with Crippen LogP contribution in [0.3, 0.4) is 0 Å². The molecule has 1 aromatic heterocycles. The summed E-state index contributed by atoms with van der Waals surface area (Å²) < 4.78 is 0. The highest BCUT2D eigenvalue weighted by atomic mass is 32.1. The van der Waals surface area contributed by atoms with E-state index in [1.807, 2.05) is 0 Å². The topological polar surface area (TPSA) is 28.2 Å². The summed E-state index contributed by atoms with van der Waals surface area (Å²) in [7, 11) is 0. The van der Waals surface area contributed by atoms with Crippen molar-refractivity contribution in [3.63, 3.8) is 0 Å². The average Bonchev–Trinajstić information content (AvgIpc) is 2.75. The number of hydrogen-bond acceptors (Lipinski definition) is 4. The lowest BCUT2D eigenvalue weighted by Crippen LogP contribution is -2.38. The van der Waals surface area contributed by atoms with Gasteiger partial charge in [0.2, 0.25) is 0 Å². The maximum Gasteiger partial charge on any atom is 0.0897 e. The fourth-order valence-electron chi connectivity index (χ4n) is 2.46. The Kier molecular flexibility index (Phi) is 4.95. The molecule has 0 bridgehead atoms. The minimum atomic E-state index is 0.823. The molecule has 2 heterocycles. The molecule has 0 radical (unpaired) electrons. The van der Waals surface area contributed by atoms with Crippen molar-refractivity contribution in [2.45, 2.75) is 33.2 Å². The molecule has 3 nitrogen and oxygen atoms in total. The maximum atomic E-state index is 4.55. The van der Waals surface area contributed by atoms with E-state index in [-0.39, 0.29) is 0 Å². The Labute approximate surface area is 108 Å². The van der Waals surface area contributed by atoms with E-state index < -0.39 is 0 Å². The quantitative estimate of drug-likeness (QED) is 0.872. The van der Waals surface area contributed by atoms with Crippen LogP contribution in [0, 0.1) is 12.8 Å². The van der Waals surface area contributed by atoms with Crippen molar-refractivity contribution < 1.29 is 0 Å². The maximum absolute atomic E-state index is 4.55. The second kappa shape index (κ2) is 6.47. The summed E-state index contributed by atoms with van der Waals surface area (Å²) in [6.45, 7) is 10.1. The fraction of sp³-hybridized carbons (Fsp3) is 0.769. The molecule has 1 aromatic rings. The summed E-state index contributed by atoms with van der Waals surface area (Å²) in [5, 5.41) is 6.86. The molecule has 1 fully saturated rings. The summed E-state index contributed by atoms with van der Waals surface area (Å²) in [4.78, 5) is 7.07. The molecule has 96 valence electrons. The highest BCUT2D eigenvalue weighted by Gasteiger charge is 2.16. The van der Waals surface area contributed by atoms with Gasteiger partial charge in [-0.05, 0) is 45.3 Å². The molecule has 0 amide bonds. The van der Waals surface area contributed by atoms with Gasteiger partial charge in [0.05, 0.1) is 10.7 Å². The van der Waals surface area contributed by atoms with Gasteiger partial charge in [-0.25, -0.2) is 4.98 Å². The zero-order valence-electron chi connectivity index (χ0n) is 10.9. The van der Waals surface area contributed by atoms with E-state index in [4.69, 9.17) is 0 Å². The molecule has 4 heteroatoms. The predicted octanol–water partition coefficient (Wildman–Crippen LogP) is 2.27. The van der Waals surface area contributed by atoms with Crippen LogP contribution in [0.5, 0.6) is 0 Å². The standard InChI is InChI=1S/C13H23N3S/c1-3-16(8-12-5-4-6-14-7-12)9-13-10-17-11(2)15-13/h10,12,14H,3-9H2,1-2H3. The molecule has 1 aliphatic heterocycles. The molecule has 0 spiro atoms. The Morgan fingerprint density at radius 2 is 2.47 bits per heavy atom. The first kappa shape index (κ1) is 13.0. The van der Waals surface area contributed by atoms with E-state index in [1.54, 1.807) is 11.3 Å². The first-order chi connectivity index (χ1) is 8.28. The van der Waals surface area contributed by atoms with Crippen LogP contribution in [-0.4, -0.2) is 36.1 Å². The smallest absolute Gasteiger partial charge is 0.0897 e. The van der Waals surface area contributed by atoms with Crippen molar-refractivity contribution >= 4 is 11.3 Å². The molecule has 1 saturated heterocycles. The number of thiazole rings is 1. The minimum absolute atomic E-state index is 0.823. The van der Waals surface area contributed by atoms with E-state index in [2.05, 4.69) is 34.4 Å². The van der Waals surface area contributed by atoms with E-state index in [0.29, 0.717) is 0 Å². The molecule has 1 unspecified atom stereocenters. The average molecular weight is 253 g/mol. The lowest BCUT2D eigenvalue weighted by atomic mass is 9.99. The van der Waals surface area contributed by atoms with Gasteiger partial charge in [-0.15, -0.1) is 11.3 Å². The number of nitrogens with one attached hydrogen (secondary N) is 1. The van der Waals surface area contributed by atoms with Crippen LogP contribution in [0.15, 0.2) is 5.38 Å². The Balaban J connectivity index is 1.83. The molecule has 17 heavy (non-hydrogen) atoms. The second-order valence-corrected chi connectivity index (χ2v) is 5.96. The Bertz CT molecular complexity index is 331. The molecule has 1 aliphatic rings. The van der Waals surface area contributed by atoms with Crippen LogP contribution in [0.25, 0.3) is 0 Å². The molecule has 0 aromatic carbocycles. The summed E-state index contributed by atoms with van der Waals surface area (Å²) in [5.41, 5.74) is 1.23. The molecule has 2 rings (SSSR count). The van der Waals surface area contributed by atoms with Crippen LogP contribution in [0.2, 0.25) is 0 Å². The predicted molar refractivity (Wildman–Crippen MR) is 73.4 cm³/mol. The summed E-state index contributed by atoms with van der Waals surface area (Å²) >= 11 is 1.75. The van der Waals surface area contributed by atoms with Crippen molar-refractivity contribution in [1.82, 2.24) is 15.2 Å². The highest BCUT2D eigenvalue weighted by Crippen LogP contribution is 2.15. The van der Waals surface area contributed by atoms with Crippen molar-refractivity contribution in [2.24, 2.45) is 5.92 Å². The van der Waals surface area contributed by atoms with Gasteiger partial charge in [-0.1, -0.05) is 6.92 Å². The summed E-state index contributed by atoms with van der Waals surface area (Å²) in [5.74, 6) is 0.823. The van der Waals surface area contributed by atoms with Crippen molar-refractivity contribution in [3.05, 3.63) is 16.1 Å². The largest absolute Gasteiger partial charge is 0.316 e. The van der Waals surface area contributed by atoms with Crippen LogP contribution in [-0.2, 0) is 6.54 Å². The number of nitrogens with zero attached hydrogens (tertiary/aromatic N) is 2. The second-order valence-electron chi connectivity index (χ2n) is 4.90.